The van der Waals surface area contributed by atoms with Gasteiger partial charge in [-0.25, -0.2) is 10.3 Å². The number of hydrogen-bond acceptors (Lipinski definition) is 3. The zero-order valence-electron chi connectivity index (χ0n) is 10.2. The van der Waals surface area contributed by atoms with Crippen LogP contribution in [0.2, 0.25) is 0 Å². The number of carbonyl (C=O) groups excluding carboxylic acids is 1. The summed E-state index contributed by atoms with van der Waals surface area (Å²) < 4.78 is 5.67. The Labute approximate surface area is 110 Å². The Balaban J connectivity index is 2.01. The monoisotopic (exact) mass is 258 g/mol. The molecule has 0 radical (unpaired) electrons. The van der Waals surface area contributed by atoms with E-state index >= 15 is 0 Å². The molecule has 2 aromatic rings. The molecule has 3 N–H and O–H groups in total. The van der Waals surface area contributed by atoms with Crippen molar-refractivity contribution in [3.8, 4) is 11.5 Å². The summed E-state index contributed by atoms with van der Waals surface area (Å²) >= 11 is 0. The minimum atomic E-state index is -0.644. The van der Waals surface area contributed by atoms with Crippen LogP contribution in [-0.2, 0) is 6.54 Å². The van der Waals surface area contributed by atoms with E-state index in [4.69, 9.17) is 9.94 Å². The number of amides is 2. The Hall–Kier alpha value is -2.53. The predicted octanol–water partition coefficient (Wildman–Crippen LogP) is 2.67. The SMILES string of the molecule is O=C(NO)NCc1cccc(Oc2ccccc2)c1. The fraction of sp³-hybridized carbons (Fsp3) is 0.0714. The molecule has 98 valence electrons. The zero-order chi connectivity index (χ0) is 13.5. The van der Waals surface area contributed by atoms with Crippen LogP contribution in [0.3, 0.4) is 0 Å². The summed E-state index contributed by atoms with van der Waals surface area (Å²) in [7, 11) is 0. The fourth-order valence-corrected chi connectivity index (χ4v) is 1.57. The minimum absolute atomic E-state index is 0.304. The third-order valence-electron chi connectivity index (χ3n) is 2.43. The molecule has 0 fully saturated rings. The standard InChI is InChI=1S/C14H14N2O3/c17-14(16-18)15-10-11-5-4-8-13(9-11)19-12-6-2-1-3-7-12/h1-9,18H,10H2,(H2,15,16,17). The number of carbonyl (C=O) groups is 1. The third kappa shape index (κ3) is 4.01. The first-order chi connectivity index (χ1) is 9.28. The predicted molar refractivity (Wildman–Crippen MR) is 70.1 cm³/mol. The highest BCUT2D eigenvalue weighted by Gasteiger charge is 2.01. The Kier molecular flexibility index (Phi) is 4.36. The summed E-state index contributed by atoms with van der Waals surface area (Å²) in [5.41, 5.74) is 2.38. The molecule has 0 saturated heterocycles. The number of ether oxygens (including phenoxy) is 1. The smallest absolute Gasteiger partial charge is 0.338 e. The molecule has 0 aromatic heterocycles. The van der Waals surface area contributed by atoms with Crippen molar-refractivity contribution in [3.63, 3.8) is 0 Å². The molecule has 5 heteroatoms. The second-order valence-electron chi connectivity index (χ2n) is 3.86. The lowest BCUT2D eigenvalue weighted by atomic mass is 10.2. The molecular weight excluding hydrogens is 244 g/mol. The molecule has 0 bridgehead atoms. The van der Waals surface area contributed by atoms with Gasteiger partial charge in [-0.1, -0.05) is 30.3 Å². The van der Waals surface area contributed by atoms with Crippen LogP contribution in [0.15, 0.2) is 54.6 Å². The lowest BCUT2D eigenvalue weighted by Crippen LogP contribution is -2.32. The molecular formula is C14H14N2O3. The Morgan fingerprint density at radius 1 is 1.05 bits per heavy atom. The van der Waals surface area contributed by atoms with Crippen molar-refractivity contribution in [1.29, 1.82) is 0 Å². The fourth-order valence-electron chi connectivity index (χ4n) is 1.57. The highest BCUT2D eigenvalue weighted by molar-refractivity contribution is 5.72. The zero-order valence-corrected chi connectivity index (χ0v) is 10.2. The van der Waals surface area contributed by atoms with Crippen molar-refractivity contribution >= 4 is 6.03 Å². The van der Waals surface area contributed by atoms with Gasteiger partial charge in [-0.2, -0.15) is 0 Å². The van der Waals surface area contributed by atoms with Crippen LogP contribution in [0.25, 0.3) is 0 Å². The van der Waals surface area contributed by atoms with E-state index in [2.05, 4.69) is 5.32 Å². The van der Waals surface area contributed by atoms with E-state index in [9.17, 15) is 4.79 Å². The van der Waals surface area contributed by atoms with Gasteiger partial charge < -0.3 is 10.1 Å². The van der Waals surface area contributed by atoms with Crippen LogP contribution >= 0.6 is 0 Å². The number of rotatable bonds is 4. The maximum Gasteiger partial charge on any atom is 0.338 e. The first-order valence-corrected chi connectivity index (χ1v) is 5.78. The highest BCUT2D eigenvalue weighted by Crippen LogP contribution is 2.21. The topological polar surface area (TPSA) is 70.6 Å². The van der Waals surface area contributed by atoms with Gasteiger partial charge in [0.1, 0.15) is 11.5 Å². The molecule has 19 heavy (non-hydrogen) atoms. The van der Waals surface area contributed by atoms with E-state index in [0.29, 0.717) is 12.3 Å². The number of hydrogen-bond donors (Lipinski definition) is 3. The Morgan fingerprint density at radius 3 is 2.53 bits per heavy atom. The molecule has 0 atom stereocenters. The number of hydroxylamine groups is 1. The average Bonchev–Trinajstić information content (AvgIpc) is 2.46. The van der Waals surface area contributed by atoms with E-state index in [1.807, 2.05) is 54.6 Å². The Morgan fingerprint density at radius 2 is 1.79 bits per heavy atom. The van der Waals surface area contributed by atoms with Gasteiger partial charge >= 0.3 is 6.03 Å². The molecule has 2 amide bonds. The Bertz CT molecular complexity index is 543. The third-order valence-corrected chi connectivity index (χ3v) is 2.43. The van der Waals surface area contributed by atoms with Crippen molar-refractivity contribution in [3.05, 3.63) is 60.2 Å². The molecule has 5 nitrogen and oxygen atoms in total. The highest BCUT2D eigenvalue weighted by atomic mass is 16.5. The largest absolute Gasteiger partial charge is 0.457 e. The van der Waals surface area contributed by atoms with Gasteiger partial charge in [0.05, 0.1) is 0 Å². The first kappa shape index (κ1) is 12.9. The van der Waals surface area contributed by atoms with Crippen molar-refractivity contribution in [2.45, 2.75) is 6.54 Å². The van der Waals surface area contributed by atoms with Gasteiger partial charge in [0.15, 0.2) is 0 Å². The molecule has 2 rings (SSSR count). The number of benzene rings is 2. The summed E-state index contributed by atoms with van der Waals surface area (Å²) in [4.78, 5) is 10.9. The van der Waals surface area contributed by atoms with E-state index in [-0.39, 0.29) is 0 Å². The number of nitrogens with one attached hydrogen (secondary N) is 2. The van der Waals surface area contributed by atoms with Gasteiger partial charge in [0.2, 0.25) is 0 Å². The van der Waals surface area contributed by atoms with Crippen LogP contribution in [0.5, 0.6) is 11.5 Å². The summed E-state index contributed by atoms with van der Waals surface area (Å²) in [6.07, 6.45) is 0. The molecule has 0 aliphatic heterocycles. The maximum atomic E-state index is 10.9. The number of para-hydroxylation sites is 1. The first-order valence-electron chi connectivity index (χ1n) is 5.78. The summed E-state index contributed by atoms with van der Waals surface area (Å²) in [6.45, 7) is 0.304. The van der Waals surface area contributed by atoms with Crippen molar-refractivity contribution in [2.75, 3.05) is 0 Å². The summed E-state index contributed by atoms with van der Waals surface area (Å²) in [5.74, 6) is 1.44. The molecule has 0 saturated carbocycles. The lowest BCUT2D eigenvalue weighted by molar-refractivity contribution is 0.161. The normalized spacial score (nSPS) is 9.74. The molecule has 0 heterocycles. The molecule has 0 aliphatic carbocycles. The van der Waals surface area contributed by atoms with Crippen LogP contribution in [-0.4, -0.2) is 11.2 Å². The lowest BCUT2D eigenvalue weighted by Gasteiger charge is -2.08. The van der Waals surface area contributed by atoms with Gasteiger partial charge in [-0.15, -0.1) is 0 Å². The van der Waals surface area contributed by atoms with E-state index in [1.54, 1.807) is 0 Å². The van der Waals surface area contributed by atoms with Gasteiger partial charge in [0.25, 0.3) is 0 Å². The average molecular weight is 258 g/mol. The van der Waals surface area contributed by atoms with Crippen molar-refractivity contribution in [2.24, 2.45) is 0 Å². The molecule has 2 aromatic carbocycles. The summed E-state index contributed by atoms with van der Waals surface area (Å²) in [5, 5.41) is 10.9. The van der Waals surface area contributed by atoms with Crippen LogP contribution in [0.1, 0.15) is 5.56 Å². The van der Waals surface area contributed by atoms with Gasteiger partial charge in [-0.3, -0.25) is 5.21 Å². The van der Waals surface area contributed by atoms with E-state index < -0.39 is 6.03 Å². The second kappa shape index (κ2) is 6.42. The molecule has 0 unspecified atom stereocenters. The van der Waals surface area contributed by atoms with E-state index in [0.717, 1.165) is 11.3 Å². The van der Waals surface area contributed by atoms with Crippen molar-refractivity contribution in [1.82, 2.24) is 10.8 Å². The van der Waals surface area contributed by atoms with Gasteiger partial charge in [0, 0.05) is 6.54 Å². The summed E-state index contributed by atoms with van der Waals surface area (Å²) in [6, 6.07) is 16.2. The van der Waals surface area contributed by atoms with Crippen LogP contribution < -0.4 is 15.5 Å². The van der Waals surface area contributed by atoms with Gasteiger partial charge in [-0.05, 0) is 29.8 Å². The second-order valence-corrected chi connectivity index (χ2v) is 3.86. The van der Waals surface area contributed by atoms with Crippen molar-refractivity contribution < 1.29 is 14.7 Å². The molecule has 0 spiro atoms. The maximum absolute atomic E-state index is 10.9. The number of urea groups is 1. The van der Waals surface area contributed by atoms with Crippen LogP contribution in [0, 0.1) is 0 Å². The molecule has 0 aliphatic rings. The minimum Gasteiger partial charge on any atom is -0.457 e. The quantitative estimate of drug-likeness (QED) is 0.583. The van der Waals surface area contributed by atoms with Crippen LogP contribution in [0.4, 0.5) is 4.79 Å². The van der Waals surface area contributed by atoms with E-state index in [1.165, 1.54) is 5.48 Å².